The van der Waals surface area contributed by atoms with E-state index in [-0.39, 0.29) is 10.8 Å². The highest BCUT2D eigenvalue weighted by atomic mass is 31.2. The lowest BCUT2D eigenvalue weighted by molar-refractivity contribution is 0.0870. The van der Waals surface area contributed by atoms with E-state index in [2.05, 4.69) is 62.7 Å². The molecule has 0 aromatic heterocycles. The van der Waals surface area contributed by atoms with Gasteiger partial charge in [0.05, 0.1) is 0 Å². The summed E-state index contributed by atoms with van der Waals surface area (Å²) in [7, 11) is -0.505. The second-order valence-corrected chi connectivity index (χ2v) is 9.41. The maximum Gasteiger partial charge on any atom is 0.112 e. The van der Waals surface area contributed by atoms with Gasteiger partial charge in [0, 0.05) is 17.7 Å². The average molecular weight is 277 g/mol. The van der Waals surface area contributed by atoms with Crippen molar-refractivity contribution in [2.45, 2.75) is 57.3 Å². The molecule has 0 saturated carbocycles. The number of hydrogen-bond acceptors (Lipinski definition) is 2. The number of nitrogens with zero attached hydrogens (tertiary/aromatic N) is 1. The lowest BCUT2D eigenvalue weighted by Crippen LogP contribution is -2.36. The van der Waals surface area contributed by atoms with E-state index in [9.17, 15) is 0 Å². The van der Waals surface area contributed by atoms with Gasteiger partial charge in [0.1, 0.15) is 13.9 Å². The highest BCUT2D eigenvalue weighted by molar-refractivity contribution is 7.52. The van der Waals surface area contributed by atoms with Gasteiger partial charge in [-0.2, -0.15) is 0 Å². The molecule has 0 aliphatic carbocycles. The summed E-state index contributed by atoms with van der Waals surface area (Å²) in [6.45, 7) is 10.4. The third-order valence-corrected chi connectivity index (χ3v) is 6.94. The first-order valence-corrected chi connectivity index (χ1v) is 8.45. The molecule has 2 aliphatic rings. The average Bonchev–Trinajstić information content (AvgIpc) is 2.93. The minimum atomic E-state index is -0.505. The van der Waals surface area contributed by atoms with Crippen LogP contribution in [0.15, 0.2) is 30.3 Å². The highest BCUT2D eigenvalue weighted by Crippen LogP contribution is 2.67. The predicted octanol–water partition coefficient (Wildman–Crippen LogP) is 4.51. The van der Waals surface area contributed by atoms with E-state index in [1.165, 1.54) is 24.9 Å². The lowest BCUT2D eigenvalue weighted by Gasteiger charge is -2.32. The molecule has 3 atom stereocenters. The molecule has 2 aliphatic heterocycles. The zero-order valence-electron chi connectivity index (χ0n) is 12.4. The van der Waals surface area contributed by atoms with E-state index in [1.54, 1.807) is 0 Å². The summed E-state index contributed by atoms with van der Waals surface area (Å²) in [5, 5.41) is 0.227. The van der Waals surface area contributed by atoms with Crippen LogP contribution >= 0.6 is 8.30 Å². The van der Waals surface area contributed by atoms with E-state index < -0.39 is 8.30 Å². The Morgan fingerprint density at radius 1 is 1.26 bits per heavy atom. The van der Waals surface area contributed by atoms with Crippen LogP contribution in [0.3, 0.4) is 0 Å². The quantitative estimate of drug-likeness (QED) is 0.700. The van der Waals surface area contributed by atoms with Gasteiger partial charge in [0.25, 0.3) is 0 Å². The van der Waals surface area contributed by atoms with Crippen molar-refractivity contribution in [3.8, 4) is 0 Å². The predicted molar refractivity (Wildman–Crippen MR) is 81.3 cm³/mol. The minimum Gasteiger partial charge on any atom is -0.331 e. The van der Waals surface area contributed by atoms with Crippen LogP contribution in [0.2, 0.25) is 0 Å². The third kappa shape index (κ3) is 2.14. The first kappa shape index (κ1) is 13.5. The van der Waals surface area contributed by atoms with Gasteiger partial charge < -0.3 is 4.52 Å². The summed E-state index contributed by atoms with van der Waals surface area (Å²) in [5.41, 5.74) is 1.21. The molecular formula is C16H24NOP. The molecule has 2 nitrogen and oxygen atoms in total. The van der Waals surface area contributed by atoms with Crippen LogP contribution in [0.25, 0.3) is 0 Å². The van der Waals surface area contributed by atoms with Crippen molar-refractivity contribution >= 4 is 8.30 Å². The molecule has 0 N–H and O–H groups in total. The highest BCUT2D eigenvalue weighted by Gasteiger charge is 2.56. The van der Waals surface area contributed by atoms with Crippen LogP contribution < -0.4 is 0 Å². The number of hydrogen-bond donors (Lipinski definition) is 0. The van der Waals surface area contributed by atoms with E-state index >= 15 is 0 Å². The smallest absolute Gasteiger partial charge is 0.112 e. The summed E-state index contributed by atoms with van der Waals surface area (Å²) >= 11 is 0. The Morgan fingerprint density at radius 3 is 2.58 bits per heavy atom. The molecule has 2 heterocycles. The Labute approximate surface area is 118 Å². The first-order valence-electron chi connectivity index (χ1n) is 7.24. The van der Waals surface area contributed by atoms with Crippen LogP contribution in [-0.4, -0.2) is 22.4 Å². The van der Waals surface area contributed by atoms with E-state index in [4.69, 9.17) is 4.52 Å². The van der Waals surface area contributed by atoms with Gasteiger partial charge in [0.15, 0.2) is 0 Å². The summed E-state index contributed by atoms with van der Waals surface area (Å²) in [6.07, 6.45) is 2.58. The third-order valence-electron chi connectivity index (χ3n) is 4.29. The van der Waals surface area contributed by atoms with Crippen molar-refractivity contribution < 1.29 is 4.52 Å². The zero-order valence-corrected chi connectivity index (χ0v) is 13.3. The molecule has 2 unspecified atom stereocenters. The lowest BCUT2D eigenvalue weighted by atomic mass is 9.87. The van der Waals surface area contributed by atoms with E-state index in [0.717, 1.165) is 0 Å². The molecule has 0 bridgehead atoms. The normalized spacial score (nSPS) is 35.6. The molecule has 1 aromatic carbocycles. The van der Waals surface area contributed by atoms with Crippen LogP contribution in [0.5, 0.6) is 0 Å². The van der Waals surface area contributed by atoms with Crippen molar-refractivity contribution in [3.05, 3.63) is 35.9 Å². The fraction of sp³-hybridized carbons (Fsp3) is 0.625. The molecule has 0 amide bonds. The zero-order chi connectivity index (χ0) is 13.7. The minimum absolute atomic E-state index is 0.128. The van der Waals surface area contributed by atoms with Gasteiger partial charge in [-0.3, -0.25) is 4.67 Å². The van der Waals surface area contributed by atoms with Gasteiger partial charge in [-0.15, -0.1) is 0 Å². The number of rotatable bonds is 1. The van der Waals surface area contributed by atoms with E-state index in [1.807, 2.05) is 0 Å². The second-order valence-electron chi connectivity index (χ2n) is 6.83. The maximum absolute atomic E-state index is 6.66. The second kappa shape index (κ2) is 4.55. The monoisotopic (exact) mass is 277 g/mol. The van der Waals surface area contributed by atoms with Gasteiger partial charge in [0.2, 0.25) is 0 Å². The van der Waals surface area contributed by atoms with Crippen LogP contribution in [-0.2, 0) is 10.1 Å². The molecule has 2 saturated heterocycles. The first-order chi connectivity index (χ1) is 8.93. The topological polar surface area (TPSA) is 12.5 Å². The van der Waals surface area contributed by atoms with Gasteiger partial charge in [-0.25, -0.2) is 0 Å². The molecule has 19 heavy (non-hydrogen) atoms. The standard InChI is InChI=1S/C16H24NOP/c1-15(2,3)19-17-12-8-11-14(17)16(4,18-19)13-9-6-5-7-10-13/h5-7,9-10,14H,8,11-12H2,1-4H3/t14?,16-,19?/m1/s1. The van der Waals surface area contributed by atoms with Crippen LogP contribution in [0, 0.1) is 0 Å². The van der Waals surface area contributed by atoms with Crippen molar-refractivity contribution in [1.82, 2.24) is 4.67 Å². The van der Waals surface area contributed by atoms with Gasteiger partial charge in [-0.1, -0.05) is 51.1 Å². The molecule has 0 radical (unpaired) electrons. The largest absolute Gasteiger partial charge is 0.331 e. The molecular weight excluding hydrogens is 253 g/mol. The Bertz CT molecular complexity index is 456. The van der Waals surface area contributed by atoms with Gasteiger partial charge in [-0.05, 0) is 25.3 Å². The summed E-state index contributed by atoms with van der Waals surface area (Å²) in [5.74, 6) is 0. The Morgan fingerprint density at radius 2 is 1.95 bits per heavy atom. The summed E-state index contributed by atoms with van der Waals surface area (Å²) < 4.78 is 9.31. The summed E-state index contributed by atoms with van der Waals surface area (Å²) in [6, 6.07) is 11.3. The van der Waals surface area contributed by atoms with E-state index in [0.29, 0.717) is 6.04 Å². The van der Waals surface area contributed by atoms with Crippen molar-refractivity contribution in [2.24, 2.45) is 0 Å². The van der Waals surface area contributed by atoms with Crippen molar-refractivity contribution in [1.29, 1.82) is 0 Å². The van der Waals surface area contributed by atoms with Crippen LogP contribution in [0.1, 0.15) is 46.1 Å². The van der Waals surface area contributed by atoms with Gasteiger partial charge >= 0.3 is 0 Å². The fourth-order valence-electron chi connectivity index (χ4n) is 3.36. The number of benzene rings is 1. The number of fused-ring (bicyclic) bond motifs is 1. The molecule has 3 heteroatoms. The molecule has 1 aromatic rings. The molecule has 0 spiro atoms. The fourth-order valence-corrected chi connectivity index (χ4v) is 6.01. The maximum atomic E-state index is 6.66. The van der Waals surface area contributed by atoms with Crippen LogP contribution in [0.4, 0.5) is 0 Å². The van der Waals surface area contributed by atoms with Crippen molar-refractivity contribution in [2.75, 3.05) is 6.54 Å². The Kier molecular flexibility index (Phi) is 3.24. The molecule has 104 valence electrons. The summed E-state index contributed by atoms with van der Waals surface area (Å²) in [4.78, 5) is 0. The Balaban J connectivity index is 1.99. The van der Waals surface area contributed by atoms with Crippen molar-refractivity contribution in [3.63, 3.8) is 0 Å². The SMILES string of the molecule is CC(C)(C)P1O[C@](C)(c2ccccc2)C2CCCN21. The molecule has 3 rings (SSSR count). The Hall–Kier alpha value is -0.430. The molecule has 2 fully saturated rings.